The van der Waals surface area contributed by atoms with Crippen LogP contribution in [0.2, 0.25) is 5.02 Å². The second-order valence-electron chi connectivity index (χ2n) is 12.7. The van der Waals surface area contributed by atoms with E-state index in [1.165, 1.54) is 0 Å². The average molecular weight is 622 g/mol. The number of anilines is 1. The average Bonchev–Trinajstić information content (AvgIpc) is 3.40. The fraction of sp³-hybridized carbons (Fsp3) is 0.559. The predicted octanol–water partition coefficient (Wildman–Crippen LogP) is 3.99. The number of carbonyl (C=O) groups excluding carboxylic acids is 3. The van der Waals surface area contributed by atoms with Crippen molar-refractivity contribution in [1.29, 1.82) is 0 Å². The van der Waals surface area contributed by atoms with Gasteiger partial charge in [0, 0.05) is 35.8 Å². The Kier molecular flexibility index (Phi) is 9.33. The lowest BCUT2D eigenvalue weighted by Crippen LogP contribution is -2.67. The molecule has 10 heteroatoms. The smallest absolute Gasteiger partial charge is 0.246 e. The lowest BCUT2D eigenvalue weighted by Gasteiger charge is -2.46. The zero-order valence-electron chi connectivity index (χ0n) is 25.7. The number of likely N-dealkylation sites (N-methyl/N-ethyl adjacent to an activating group) is 1. The van der Waals surface area contributed by atoms with E-state index < -0.39 is 12.1 Å². The fourth-order valence-corrected chi connectivity index (χ4v) is 7.83. The lowest BCUT2D eigenvalue weighted by atomic mass is 9.82. The van der Waals surface area contributed by atoms with Crippen molar-refractivity contribution in [3.8, 4) is 5.75 Å². The van der Waals surface area contributed by atoms with Crippen molar-refractivity contribution in [3.05, 3.63) is 58.6 Å². The van der Waals surface area contributed by atoms with E-state index in [-0.39, 0.29) is 41.8 Å². The SMILES string of the molecule is CC[C@H](NC)C(=O)N[C@H](C(=O)N1C[C@H]2Cc3cc(Cl)ccc3N2C[C@H]1C(=O)N[C@H]1CCOc2ccccc21)C1CCCCC1. The number of rotatable bonds is 8. The molecule has 1 aliphatic carbocycles. The van der Waals surface area contributed by atoms with E-state index >= 15 is 0 Å². The molecule has 0 radical (unpaired) electrons. The van der Waals surface area contributed by atoms with Crippen molar-refractivity contribution in [2.45, 2.75) is 88.5 Å². The number of amides is 3. The number of ether oxygens (including phenoxy) is 1. The Balaban J connectivity index is 1.31. The third-order valence-corrected chi connectivity index (χ3v) is 10.3. The van der Waals surface area contributed by atoms with Crippen LogP contribution in [0.4, 0.5) is 5.69 Å². The normalized spacial score (nSPS) is 24.3. The van der Waals surface area contributed by atoms with Gasteiger partial charge in [-0.1, -0.05) is 56.0 Å². The minimum atomic E-state index is -0.718. The van der Waals surface area contributed by atoms with Crippen LogP contribution in [0.15, 0.2) is 42.5 Å². The number of hydrogen-bond acceptors (Lipinski definition) is 6. The first-order chi connectivity index (χ1) is 21.4. The molecule has 6 rings (SSSR count). The number of fused-ring (bicyclic) bond motifs is 4. The summed E-state index contributed by atoms with van der Waals surface area (Å²) in [5.74, 6) is 0.313. The standard InChI is InChI=1S/C34H44ClN5O4/c1-3-26(36-2)32(41)38-31(21-9-5-4-6-10-21)34(43)40-19-24-18-22-17-23(35)13-14-28(22)39(24)20-29(40)33(42)37-27-15-16-44-30-12-8-7-11-25(27)30/h7-8,11-14,17,21,24,26-27,29,31,36H,3-6,9-10,15-16,18-20H2,1-2H3,(H,37,42)(H,38,41)/t24-,26+,27+,29+,31+/m1/s1. The Hall–Kier alpha value is -3.30. The third-order valence-electron chi connectivity index (χ3n) is 10.0. The monoisotopic (exact) mass is 621 g/mol. The van der Waals surface area contributed by atoms with E-state index in [4.69, 9.17) is 16.3 Å². The number of piperazine rings is 1. The molecular formula is C34H44ClN5O4. The van der Waals surface area contributed by atoms with Crippen molar-refractivity contribution >= 4 is 35.0 Å². The molecule has 0 aromatic heterocycles. The molecule has 236 valence electrons. The number of benzene rings is 2. The van der Waals surface area contributed by atoms with Crippen LogP contribution in [0, 0.1) is 5.92 Å². The Morgan fingerprint density at radius 3 is 2.61 bits per heavy atom. The van der Waals surface area contributed by atoms with Gasteiger partial charge in [-0.05, 0) is 68.5 Å². The maximum atomic E-state index is 14.7. The first-order valence-electron chi connectivity index (χ1n) is 16.2. The van der Waals surface area contributed by atoms with Crippen molar-refractivity contribution in [3.63, 3.8) is 0 Å². The molecule has 3 amide bonds. The highest BCUT2D eigenvalue weighted by atomic mass is 35.5. The number of halogens is 1. The number of nitrogens with zero attached hydrogens (tertiary/aromatic N) is 2. The van der Waals surface area contributed by atoms with Crippen LogP contribution in [0.5, 0.6) is 5.75 Å². The van der Waals surface area contributed by atoms with E-state index in [0.717, 1.165) is 61.1 Å². The summed E-state index contributed by atoms with van der Waals surface area (Å²) in [5, 5.41) is 10.2. The number of carbonyl (C=O) groups is 3. The first kappa shape index (κ1) is 30.7. The predicted molar refractivity (Wildman–Crippen MR) is 171 cm³/mol. The largest absolute Gasteiger partial charge is 0.493 e. The molecule has 44 heavy (non-hydrogen) atoms. The maximum Gasteiger partial charge on any atom is 0.246 e. The molecule has 0 unspecified atom stereocenters. The van der Waals surface area contributed by atoms with E-state index in [2.05, 4.69) is 20.9 Å². The molecule has 3 heterocycles. The van der Waals surface area contributed by atoms with Crippen LogP contribution in [-0.4, -0.2) is 73.5 Å². The van der Waals surface area contributed by atoms with Gasteiger partial charge in [0.1, 0.15) is 17.8 Å². The van der Waals surface area contributed by atoms with Gasteiger partial charge in [0.15, 0.2) is 0 Å². The Morgan fingerprint density at radius 2 is 1.84 bits per heavy atom. The second kappa shape index (κ2) is 13.4. The van der Waals surface area contributed by atoms with Crippen molar-refractivity contribution in [1.82, 2.24) is 20.9 Å². The molecule has 0 bridgehead atoms. The van der Waals surface area contributed by atoms with E-state index in [1.807, 2.05) is 49.4 Å². The zero-order valence-corrected chi connectivity index (χ0v) is 26.4. The Morgan fingerprint density at radius 1 is 1.05 bits per heavy atom. The molecule has 4 aliphatic rings. The summed E-state index contributed by atoms with van der Waals surface area (Å²) in [5.41, 5.74) is 3.15. The molecule has 2 fully saturated rings. The summed E-state index contributed by atoms with van der Waals surface area (Å²) in [7, 11) is 1.77. The fourth-order valence-electron chi connectivity index (χ4n) is 7.64. The molecule has 2 aromatic rings. The first-order valence-corrected chi connectivity index (χ1v) is 16.6. The van der Waals surface area contributed by atoms with Gasteiger partial charge in [-0.25, -0.2) is 0 Å². The molecule has 3 aliphatic heterocycles. The van der Waals surface area contributed by atoms with E-state index in [1.54, 1.807) is 11.9 Å². The summed E-state index contributed by atoms with van der Waals surface area (Å²) in [6, 6.07) is 11.7. The van der Waals surface area contributed by atoms with Crippen molar-refractivity contribution in [2.75, 3.05) is 31.6 Å². The summed E-state index contributed by atoms with van der Waals surface area (Å²) in [6.45, 7) is 3.24. The van der Waals surface area contributed by atoms with Crippen molar-refractivity contribution in [2.24, 2.45) is 5.92 Å². The quantitative estimate of drug-likeness (QED) is 0.412. The van der Waals surface area contributed by atoms with Gasteiger partial charge in [-0.3, -0.25) is 14.4 Å². The van der Waals surface area contributed by atoms with Crippen LogP contribution < -0.4 is 25.6 Å². The summed E-state index contributed by atoms with van der Waals surface area (Å²) in [6.07, 6.45) is 7.00. The van der Waals surface area contributed by atoms with Crippen LogP contribution in [0.25, 0.3) is 0 Å². The highest BCUT2D eigenvalue weighted by Gasteiger charge is 2.47. The molecular weight excluding hydrogens is 578 g/mol. The van der Waals surface area contributed by atoms with Crippen LogP contribution >= 0.6 is 11.6 Å². The van der Waals surface area contributed by atoms with Gasteiger partial charge in [-0.15, -0.1) is 0 Å². The number of para-hydroxylation sites is 1. The Labute approximate surface area is 265 Å². The van der Waals surface area contributed by atoms with E-state index in [0.29, 0.717) is 37.6 Å². The molecule has 0 spiro atoms. The van der Waals surface area contributed by atoms with Gasteiger partial charge in [0.25, 0.3) is 0 Å². The number of nitrogens with one attached hydrogen (secondary N) is 3. The van der Waals surface area contributed by atoms with Gasteiger partial charge in [0.05, 0.1) is 24.7 Å². The highest BCUT2D eigenvalue weighted by Crippen LogP contribution is 2.38. The minimum absolute atomic E-state index is 0.0312. The summed E-state index contributed by atoms with van der Waals surface area (Å²) >= 11 is 6.35. The van der Waals surface area contributed by atoms with Crippen LogP contribution in [-0.2, 0) is 20.8 Å². The highest BCUT2D eigenvalue weighted by molar-refractivity contribution is 6.30. The zero-order chi connectivity index (χ0) is 30.8. The van der Waals surface area contributed by atoms with E-state index in [9.17, 15) is 14.4 Å². The van der Waals surface area contributed by atoms with Gasteiger partial charge in [-0.2, -0.15) is 0 Å². The third kappa shape index (κ3) is 6.13. The molecule has 5 atom stereocenters. The van der Waals surface area contributed by atoms with Gasteiger partial charge >= 0.3 is 0 Å². The molecule has 1 saturated heterocycles. The lowest BCUT2D eigenvalue weighted by molar-refractivity contribution is -0.146. The molecule has 9 nitrogen and oxygen atoms in total. The van der Waals surface area contributed by atoms with Crippen LogP contribution in [0.3, 0.4) is 0 Å². The van der Waals surface area contributed by atoms with Gasteiger partial charge < -0.3 is 30.5 Å². The van der Waals surface area contributed by atoms with Crippen molar-refractivity contribution < 1.29 is 19.1 Å². The second-order valence-corrected chi connectivity index (χ2v) is 13.1. The topological polar surface area (TPSA) is 103 Å². The maximum absolute atomic E-state index is 14.7. The molecule has 1 saturated carbocycles. The molecule has 3 N–H and O–H groups in total. The Bertz CT molecular complexity index is 1380. The summed E-state index contributed by atoms with van der Waals surface area (Å²) < 4.78 is 5.84. The molecule has 2 aromatic carbocycles. The van der Waals surface area contributed by atoms with Crippen LogP contribution in [0.1, 0.15) is 69.0 Å². The summed E-state index contributed by atoms with van der Waals surface area (Å²) in [4.78, 5) is 46.4. The number of hydrogen-bond donors (Lipinski definition) is 3. The van der Waals surface area contributed by atoms with Gasteiger partial charge in [0.2, 0.25) is 17.7 Å². The minimum Gasteiger partial charge on any atom is -0.493 e.